The van der Waals surface area contributed by atoms with Gasteiger partial charge in [0.2, 0.25) is 0 Å². The molecule has 0 aliphatic heterocycles. The van der Waals surface area contributed by atoms with E-state index in [-0.39, 0.29) is 0 Å². The predicted octanol–water partition coefficient (Wildman–Crippen LogP) is 16.5. The summed E-state index contributed by atoms with van der Waals surface area (Å²) >= 11 is 0. The predicted molar refractivity (Wildman–Crippen MR) is 258 cm³/mol. The second-order valence-corrected chi connectivity index (χ2v) is 16.1. The molecule has 3 aromatic heterocycles. The molecule has 13 rings (SSSR count). The van der Waals surface area contributed by atoms with Crippen LogP contribution in [0.1, 0.15) is 0 Å². The van der Waals surface area contributed by atoms with E-state index < -0.39 is 0 Å². The average Bonchev–Trinajstić information content (AvgIpc) is 4.01. The maximum Gasteiger partial charge on any atom is 0.143 e. The zero-order chi connectivity index (χ0) is 40.7. The van der Waals surface area contributed by atoms with Gasteiger partial charge in [0.1, 0.15) is 22.3 Å². The van der Waals surface area contributed by atoms with E-state index in [2.05, 4.69) is 210 Å². The number of aromatic nitrogens is 1. The normalized spacial score (nSPS) is 11.9. The highest BCUT2D eigenvalue weighted by Gasteiger charge is 2.22. The number of hydrogen-bond acceptors (Lipinski definition) is 3. The summed E-state index contributed by atoms with van der Waals surface area (Å²) < 4.78 is 15.6. The number of furan rings is 2. The average molecular weight is 793 g/mol. The summed E-state index contributed by atoms with van der Waals surface area (Å²) in [6.07, 6.45) is 0. The van der Waals surface area contributed by atoms with Crippen molar-refractivity contribution in [2.24, 2.45) is 0 Å². The van der Waals surface area contributed by atoms with E-state index in [1.54, 1.807) is 0 Å². The van der Waals surface area contributed by atoms with E-state index in [0.717, 1.165) is 77.6 Å². The van der Waals surface area contributed by atoms with Gasteiger partial charge in [0, 0.05) is 60.3 Å². The second-order valence-electron chi connectivity index (χ2n) is 16.1. The van der Waals surface area contributed by atoms with Gasteiger partial charge in [-0.05, 0) is 101 Å². The summed E-state index contributed by atoms with van der Waals surface area (Å²) in [5.74, 6) is 0. The van der Waals surface area contributed by atoms with Gasteiger partial charge in [-0.25, -0.2) is 0 Å². The molecule has 4 heteroatoms. The van der Waals surface area contributed by atoms with Crippen molar-refractivity contribution in [1.82, 2.24) is 4.57 Å². The van der Waals surface area contributed by atoms with Crippen LogP contribution in [-0.4, -0.2) is 4.57 Å². The highest BCUT2D eigenvalue weighted by atomic mass is 16.3. The molecule has 0 atom stereocenters. The number of rotatable bonds is 6. The number of para-hydroxylation sites is 3. The maximum absolute atomic E-state index is 6.83. The number of fused-ring (bicyclic) bond motifs is 10. The Morgan fingerprint density at radius 3 is 1.76 bits per heavy atom. The SMILES string of the molecule is c1ccc(-c2ccc(N(c3ccc4oc5ccccc5c4c3)c3cc(-c4ccc5c(c4)c4ccccc4n5-c4cccc5ccccc45)c4oc5ccccc5c4c3)cc2)cc1. The van der Waals surface area contributed by atoms with Gasteiger partial charge in [0.05, 0.1) is 16.7 Å². The zero-order valence-corrected chi connectivity index (χ0v) is 33.5. The third kappa shape index (κ3) is 5.33. The van der Waals surface area contributed by atoms with Crippen molar-refractivity contribution < 1.29 is 8.83 Å². The third-order valence-corrected chi connectivity index (χ3v) is 12.6. The van der Waals surface area contributed by atoms with E-state index >= 15 is 0 Å². The zero-order valence-electron chi connectivity index (χ0n) is 33.5. The van der Waals surface area contributed by atoms with Crippen LogP contribution in [0.15, 0.2) is 227 Å². The molecule has 4 nitrogen and oxygen atoms in total. The molecule has 13 aromatic rings. The lowest BCUT2D eigenvalue weighted by Gasteiger charge is -2.26. The van der Waals surface area contributed by atoms with Gasteiger partial charge in [0.15, 0.2) is 0 Å². The molecule has 3 heterocycles. The quantitative estimate of drug-likeness (QED) is 0.168. The maximum atomic E-state index is 6.83. The minimum atomic E-state index is 0.861. The largest absolute Gasteiger partial charge is 0.456 e. The molecule has 10 aromatic carbocycles. The van der Waals surface area contributed by atoms with Crippen LogP contribution >= 0.6 is 0 Å². The van der Waals surface area contributed by atoms with E-state index in [1.807, 2.05) is 18.2 Å². The van der Waals surface area contributed by atoms with Crippen LogP contribution in [0, 0.1) is 0 Å². The first-order valence-corrected chi connectivity index (χ1v) is 21.1. The van der Waals surface area contributed by atoms with Crippen LogP contribution in [0.2, 0.25) is 0 Å². The number of nitrogens with zero attached hydrogens (tertiary/aromatic N) is 2. The van der Waals surface area contributed by atoms with Crippen molar-refractivity contribution in [3.8, 4) is 27.9 Å². The van der Waals surface area contributed by atoms with Crippen molar-refractivity contribution in [2.75, 3.05) is 4.90 Å². The van der Waals surface area contributed by atoms with Gasteiger partial charge >= 0.3 is 0 Å². The first-order chi connectivity index (χ1) is 30.7. The Bertz CT molecular complexity index is 3870. The van der Waals surface area contributed by atoms with Gasteiger partial charge in [0.25, 0.3) is 0 Å². The molecular weight excluding hydrogens is 757 g/mol. The fourth-order valence-corrected chi connectivity index (χ4v) is 9.69. The Hall–Kier alpha value is -8.34. The fourth-order valence-electron chi connectivity index (χ4n) is 9.69. The van der Waals surface area contributed by atoms with Gasteiger partial charge < -0.3 is 18.3 Å². The third-order valence-electron chi connectivity index (χ3n) is 12.6. The highest BCUT2D eigenvalue weighted by Crippen LogP contribution is 2.46. The van der Waals surface area contributed by atoms with Crippen molar-refractivity contribution in [3.05, 3.63) is 218 Å². The minimum Gasteiger partial charge on any atom is -0.456 e. The molecule has 0 N–H and O–H groups in total. The lowest BCUT2D eigenvalue weighted by molar-refractivity contribution is 0.669. The molecule has 0 bridgehead atoms. The molecule has 62 heavy (non-hydrogen) atoms. The summed E-state index contributed by atoms with van der Waals surface area (Å²) in [6.45, 7) is 0. The molecule has 0 spiro atoms. The van der Waals surface area contributed by atoms with Crippen LogP contribution in [0.25, 0.3) is 104 Å². The van der Waals surface area contributed by atoms with Crippen LogP contribution in [-0.2, 0) is 0 Å². The van der Waals surface area contributed by atoms with E-state index in [0.29, 0.717) is 0 Å². The van der Waals surface area contributed by atoms with E-state index in [9.17, 15) is 0 Å². The van der Waals surface area contributed by atoms with Crippen LogP contribution in [0.4, 0.5) is 17.1 Å². The minimum absolute atomic E-state index is 0.861. The Morgan fingerprint density at radius 2 is 0.919 bits per heavy atom. The first-order valence-electron chi connectivity index (χ1n) is 21.1. The Kier molecular flexibility index (Phi) is 7.57. The monoisotopic (exact) mass is 792 g/mol. The number of anilines is 3. The topological polar surface area (TPSA) is 34.5 Å². The molecule has 0 amide bonds. The van der Waals surface area contributed by atoms with Gasteiger partial charge in [-0.1, -0.05) is 140 Å². The number of benzene rings is 10. The van der Waals surface area contributed by atoms with Crippen molar-refractivity contribution in [3.63, 3.8) is 0 Å². The van der Waals surface area contributed by atoms with Gasteiger partial charge in [-0.2, -0.15) is 0 Å². The fraction of sp³-hybridized carbons (Fsp3) is 0. The van der Waals surface area contributed by atoms with Crippen LogP contribution in [0.5, 0.6) is 0 Å². The molecule has 0 fully saturated rings. The lowest BCUT2D eigenvalue weighted by Crippen LogP contribution is -2.10. The van der Waals surface area contributed by atoms with Crippen molar-refractivity contribution in [2.45, 2.75) is 0 Å². The standard InChI is InChI=1S/C58H36N2O2/c1-2-13-37(14-3-1)38-25-28-41(29-26-38)59(42-30-32-57-50(34-42)46-19-7-10-23-55(46)61-57)43-35-48(58-51(36-43)47-20-8-11-24-56(47)62-58)40-27-31-54-49(33-40)45-18-6-9-21-53(45)60(54)52-22-12-16-39-15-4-5-17-44(39)52/h1-36H. The molecule has 0 aliphatic carbocycles. The molecular formula is C58H36N2O2. The molecule has 290 valence electrons. The summed E-state index contributed by atoms with van der Waals surface area (Å²) in [5, 5.41) is 9.14. The number of hydrogen-bond donors (Lipinski definition) is 0. The Morgan fingerprint density at radius 1 is 0.323 bits per heavy atom. The summed E-state index contributed by atoms with van der Waals surface area (Å²) in [7, 11) is 0. The molecule has 0 saturated heterocycles. The van der Waals surface area contributed by atoms with Gasteiger partial charge in [-0.3, -0.25) is 0 Å². The molecule has 0 aliphatic rings. The van der Waals surface area contributed by atoms with Crippen molar-refractivity contribution in [1.29, 1.82) is 0 Å². The summed E-state index contributed by atoms with van der Waals surface area (Å²) in [6, 6.07) is 78.1. The van der Waals surface area contributed by atoms with Crippen LogP contribution in [0.3, 0.4) is 0 Å². The summed E-state index contributed by atoms with van der Waals surface area (Å²) in [4.78, 5) is 2.37. The van der Waals surface area contributed by atoms with Crippen LogP contribution < -0.4 is 4.90 Å². The smallest absolute Gasteiger partial charge is 0.143 e. The van der Waals surface area contributed by atoms with E-state index in [1.165, 1.54) is 43.9 Å². The van der Waals surface area contributed by atoms with E-state index in [4.69, 9.17) is 8.83 Å². The lowest BCUT2D eigenvalue weighted by atomic mass is 9.98. The van der Waals surface area contributed by atoms with Gasteiger partial charge in [-0.15, -0.1) is 0 Å². The highest BCUT2D eigenvalue weighted by molar-refractivity contribution is 6.15. The first kappa shape index (κ1) is 34.5. The molecule has 0 unspecified atom stereocenters. The van der Waals surface area contributed by atoms with Crippen molar-refractivity contribution >= 4 is 93.5 Å². The summed E-state index contributed by atoms with van der Waals surface area (Å²) in [5.41, 5.74) is 14.5. The second kappa shape index (κ2) is 13.6. The Balaban J connectivity index is 1.06. The molecule has 0 radical (unpaired) electrons. The Labute approximate surface area is 356 Å². The molecule has 0 saturated carbocycles.